The highest BCUT2D eigenvalue weighted by molar-refractivity contribution is 5.84. The molecule has 0 aromatic carbocycles. The lowest BCUT2D eigenvalue weighted by Gasteiger charge is -2.08. The molecule has 0 radical (unpaired) electrons. The molecule has 0 amide bonds. The Morgan fingerprint density at radius 3 is 3.00 bits per heavy atom. The van der Waals surface area contributed by atoms with E-state index >= 15 is 0 Å². The molecule has 0 aliphatic heterocycles. The molecular formula is C13H18N8. The zero-order valence-corrected chi connectivity index (χ0v) is 12.1. The van der Waals surface area contributed by atoms with E-state index in [4.69, 9.17) is 0 Å². The lowest BCUT2D eigenvalue weighted by Crippen LogP contribution is -2.06. The Hall–Kier alpha value is -2.64. The Balaban J connectivity index is 1.88. The molecule has 3 aromatic heterocycles. The van der Waals surface area contributed by atoms with E-state index in [1.807, 2.05) is 13.2 Å². The Labute approximate surface area is 122 Å². The number of nitrogens with one attached hydrogen (secondary N) is 3. The first-order valence-corrected chi connectivity index (χ1v) is 6.97. The summed E-state index contributed by atoms with van der Waals surface area (Å²) in [7, 11) is 1.86. The maximum absolute atomic E-state index is 4.51. The molecule has 21 heavy (non-hydrogen) atoms. The van der Waals surface area contributed by atoms with E-state index in [9.17, 15) is 0 Å². The van der Waals surface area contributed by atoms with E-state index in [0.717, 1.165) is 36.4 Å². The molecule has 0 aliphatic rings. The Morgan fingerprint density at radius 1 is 1.33 bits per heavy atom. The van der Waals surface area contributed by atoms with Crippen LogP contribution in [0.2, 0.25) is 0 Å². The van der Waals surface area contributed by atoms with Gasteiger partial charge in [0.15, 0.2) is 11.5 Å². The summed E-state index contributed by atoms with van der Waals surface area (Å²) in [5, 5.41) is 10.6. The molecule has 0 atom stereocenters. The van der Waals surface area contributed by atoms with Crippen LogP contribution in [-0.2, 0) is 7.05 Å². The molecule has 3 rings (SSSR count). The van der Waals surface area contributed by atoms with Crippen molar-refractivity contribution in [2.75, 3.05) is 17.2 Å². The highest BCUT2D eigenvalue weighted by Crippen LogP contribution is 2.20. The van der Waals surface area contributed by atoms with Gasteiger partial charge in [-0.1, -0.05) is 13.3 Å². The largest absolute Gasteiger partial charge is 0.368 e. The van der Waals surface area contributed by atoms with E-state index in [1.54, 1.807) is 17.2 Å². The Morgan fingerprint density at radius 2 is 2.24 bits per heavy atom. The van der Waals surface area contributed by atoms with Gasteiger partial charge in [-0.3, -0.25) is 4.68 Å². The zero-order chi connectivity index (χ0) is 14.7. The minimum absolute atomic E-state index is 0.501. The summed E-state index contributed by atoms with van der Waals surface area (Å²) in [6.07, 6.45) is 7.43. The van der Waals surface area contributed by atoms with Crippen molar-refractivity contribution in [2.24, 2.45) is 7.05 Å². The van der Waals surface area contributed by atoms with Crippen LogP contribution in [0.5, 0.6) is 0 Å². The number of unbranched alkanes of at least 4 members (excludes halogenated alkanes) is 1. The quantitative estimate of drug-likeness (QED) is 0.600. The molecule has 8 nitrogen and oxygen atoms in total. The fourth-order valence-electron chi connectivity index (χ4n) is 2.02. The predicted octanol–water partition coefficient (Wildman–Crippen LogP) is 2.04. The van der Waals surface area contributed by atoms with E-state index in [0.29, 0.717) is 11.6 Å². The van der Waals surface area contributed by atoms with Gasteiger partial charge in [-0.2, -0.15) is 15.1 Å². The molecule has 8 heteroatoms. The number of H-pyrrole nitrogens is 1. The first-order valence-electron chi connectivity index (χ1n) is 6.97. The van der Waals surface area contributed by atoms with Gasteiger partial charge in [-0.05, 0) is 6.42 Å². The number of rotatable bonds is 6. The SMILES string of the molecule is CCCCNc1nc(Nc2cnn(C)c2)nc2nc[nH]c12. The third kappa shape index (κ3) is 2.93. The van der Waals surface area contributed by atoms with Crippen molar-refractivity contribution in [1.29, 1.82) is 0 Å². The molecular weight excluding hydrogens is 268 g/mol. The average Bonchev–Trinajstić information content (AvgIpc) is 3.08. The fraction of sp³-hybridized carbons (Fsp3) is 0.385. The summed E-state index contributed by atoms with van der Waals surface area (Å²) in [6, 6.07) is 0. The number of nitrogens with zero attached hydrogens (tertiary/aromatic N) is 5. The van der Waals surface area contributed by atoms with Crippen LogP contribution in [0, 0.1) is 0 Å². The predicted molar refractivity (Wildman–Crippen MR) is 81.6 cm³/mol. The second kappa shape index (κ2) is 5.78. The smallest absolute Gasteiger partial charge is 0.231 e. The summed E-state index contributed by atoms with van der Waals surface area (Å²) in [6.45, 7) is 3.02. The number of aromatic nitrogens is 6. The average molecular weight is 286 g/mol. The van der Waals surface area contributed by atoms with Crippen molar-refractivity contribution in [3.05, 3.63) is 18.7 Å². The molecule has 3 heterocycles. The minimum Gasteiger partial charge on any atom is -0.368 e. The van der Waals surface area contributed by atoms with Crippen LogP contribution in [0.3, 0.4) is 0 Å². The van der Waals surface area contributed by atoms with Crippen LogP contribution >= 0.6 is 0 Å². The van der Waals surface area contributed by atoms with E-state index in [2.05, 4.69) is 42.6 Å². The molecule has 3 N–H and O–H groups in total. The lowest BCUT2D eigenvalue weighted by molar-refractivity contribution is 0.768. The second-order valence-corrected chi connectivity index (χ2v) is 4.80. The lowest BCUT2D eigenvalue weighted by atomic mass is 10.3. The number of hydrogen-bond acceptors (Lipinski definition) is 6. The van der Waals surface area contributed by atoms with Gasteiger partial charge in [-0.25, -0.2) is 4.98 Å². The zero-order valence-electron chi connectivity index (χ0n) is 12.1. The molecule has 0 aliphatic carbocycles. The van der Waals surface area contributed by atoms with Crippen molar-refractivity contribution in [2.45, 2.75) is 19.8 Å². The van der Waals surface area contributed by atoms with Crippen LogP contribution in [0.25, 0.3) is 11.2 Å². The number of aromatic amines is 1. The van der Waals surface area contributed by atoms with Crippen molar-refractivity contribution in [3.63, 3.8) is 0 Å². The minimum atomic E-state index is 0.501. The van der Waals surface area contributed by atoms with Gasteiger partial charge in [0.1, 0.15) is 5.52 Å². The van der Waals surface area contributed by atoms with Crippen molar-refractivity contribution >= 4 is 28.6 Å². The number of aryl methyl sites for hydroxylation is 1. The third-order valence-electron chi connectivity index (χ3n) is 3.07. The van der Waals surface area contributed by atoms with E-state index in [-0.39, 0.29) is 0 Å². The first-order chi connectivity index (χ1) is 10.3. The van der Waals surface area contributed by atoms with E-state index < -0.39 is 0 Å². The van der Waals surface area contributed by atoms with Crippen molar-refractivity contribution in [1.82, 2.24) is 29.7 Å². The van der Waals surface area contributed by atoms with Crippen molar-refractivity contribution < 1.29 is 0 Å². The molecule has 0 unspecified atom stereocenters. The van der Waals surface area contributed by atoms with Crippen LogP contribution in [0.1, 0.15) is 19.8 Å². The number of hydrogen-bond donors (Lipinski definition) is 3. The summed E-state index contributed by atoms with van der Waals surface area (Å²) in [5.41, 5.74) is 2.30. The number of imidazole rings is 1. The van der Waals surface area contributed by atoms with E-state index in [1.165, 1.54) is 0 Å². The molecule has 0 saturated carbocycles. The summed E-state index contributed by atoms with van der Waals surface area (Å²) < 4.78 is 1.72. The normalized spacial score (nSPS) is 11.0. The summed E-state index contributed by atoms with van der Waals surface area (Å²) in [4.78, 5) is 16.2. The third-order valence-corrected chi connectivity index (χ3v) is 3.07. The van der Waals surface area contributed by atoms with Crippen molar-refractivity contribution in [3.8, 4) is 0 Å². The fourth-order valence-corrected chi connectivity index (χ4v) is 2.02. The van der Waals surface area contributed by atoms with Crippen LogP contribution in [0.15, 0.2) is 18.7 Å². The summed E-state index contributed by atoms with van der Waals surface area (Å²) in [5.74, 6) is 1.26. The van der Waals surface area contributed by atoms with Gasteiger partial charge in [0, 0.05) is 19.8 Å². The second-order valence-electron chi connectivity index (χ2n) is 4.80. The van der Waals surface area contributed by atoms with Gasteiger partial charge in [-0.15, -0.1) is 0 Å². The molecule has 0 spiro atoms. The van der Waals surface area contributed by atoms with Gasteiger partial charge in [0.25, 0.3) is 0 Å². The summed E-state index contributed by atoms with van der Waals surface area (Å²) >= 11 is 0. The molecule has 0 fully saturated rings. The Bertz CT molecular complexity index is 729. The topological polar surface area (TPSA) is 96.3 Å². The maximum Gasteiger partial charge on any atom is 0.231 e. The number of fused-ring (bicyclic) bond motifs is 1. The first kappa shape index (κ1) is 13.3. The molecule has 0 saturated heterocycles. The highest BCUT2D eigenvalue weighted by Gasteiger charge is 2.10. The van der Waals surface area contributed by atoms with Crippen LogP contribution in [-0.4, -0.2) is 36.3 Å². The van der Waals surface area contributed by atoms with Crippen LogP contribution in [0.4, 0.5) is 17.5 Å². The van der Waals surface area contributed by atoms with Gasteiger partial charge in [0.05, 0.1) is 18.2 Å². The van der Waals surface area contributed by atoms with Gasteiger partial charge in [0.2, 0.25) is 5.95 Å². The standard InChI is InChI=1S/C13H18N8/c1-3-4-5-14-11-10-12(16-8-15-10)20-13(19-11)18-9-6-17-21(2)7-9/h6-8H,3-5H2,1-2H3,(H3,14,15,16,18,19,20). The maximum atomic E-state index is 4.51. The molecule has 0 bridgehead atoms. The number of anilines is 3. The monoisotopic (exact) mass is 286 g/mol. The van der Waals surface area contributed by atoms with Gasteiger partial charge >= 0.3 is 0 Å². The van der Waals surface area contributed by atoms with Gasteiger partial charge < -0.3 is 15.6 Å². The van der Waals surface area contributed by atoms with Crippen LogP contribution < -0.4 is 10.6 Å². The molecule has 3 aromatic rings. The highest BCUT2D eigenvalue weighted by atomic mass is 15.3. The Kier molecular flexibility index (Phi) is 3.67. The molecule has 110 valence electrons.